The molecule has 5 nitrogen and oxygen atoms in total. The van der Waals surface area contributed by atoms with E-state index in [0.29, 0.717) is 10.8 Å². The number of thiazole rings is 1. The van der Waals surface area contributed by atoms with Crippen LogP contribution < -0.4 is 4.90 Å². The number of aryl methyl sites for hydroxylation is 2. The maximum Gasteiger partial charge on any atom is 0.316 e. The largest absolute Gasteiger partial charge is 0.458 e. The molecule has 154 valence electrons. The highest BCUT2D eigenvalue weighted by Gasteiger charge is 2.52. The summed E-state index contributed by atoms with van der Waals surface area (Å²) in [6.07, 6.45) is 1.62. The van der Waals surface area contributed by atoms with Crippen LogP contribution in [0.3, 0.4) is 0 Å². The Morgan fingerprint density at radius 3 is 2.47 bits per heavy atom. The Hall–Kier alpha value is -2.99. The minimum atomic E-state index is -0.509. The molecule has 0 atom stereocenters. The lowest BCUT2D eigenvalue weighted by atomic mass is 9.96. The van der Waals surface area contributed by atoms with E-state index in [1.807, 2.05) is 67.8 Å². The van der Waals surface area contributed by atoms with E-state index < -0.39 is 5.41 Å². The third kappa shape index (κ3) is 3.87. The van der Waals surface area contributed by atoms with Crippen molar-refractivity contribution < 1.29 is 14.3 Å². The van der Waals surface area contributed by atoms with Crippen molar-refractivity contribution in [2.24, 2.45) is 0 Å². The zero-order valence-corrected chi connectivity index (χ0v) is 18.2. The first kappa shape index (κ1) is 20.3. The van der Waals surface area contributed by atoms with Crippen LogP contribution in [0.25, 0.3) is 0 Å². The van der Waals surface area contributed by atoms with Gasteiger partial charge in [-0.1, -0.05) is 36.4 Å². The van der Waals surface area contributed by atoms with Crippen LogP contribution in [0.5, 0.6) is 0 Å². The Bertz CT molecular complexity index is 1090. The number of rotatable bonds is 6. The van der Waals surface area contributed by atoms with Crippen molar-refractivity contribution in [3.63, 3.8) is 0 Å². The van der Waals surface area contributed by atoms with Gasteiger partial charge in [0.25, 0.3) is 0 Å². The molecule has 0 unspecified atom stereocenters. The van der Waals surface area contributed by atoms with Crippen molar-refractivity contribution in [3.8, 4) is 0 Å². The Morgan fingerprint density at radius 2 is 1.83 bits per heavy atom. The molecule has 6 heteroatoms. The van der Waals surface area contributed by atoms with Crippen LogP contribution >= 0.6 is 11.3 Å². The highest BCUT2D eigenvalue weighted by atomic mass is 32.1. The molecule has 0 spiro atoms. The summed E-state index contributed by atoms with van der Waals surface area (Å²) < 4.78 is 5.61. The molecule has 0 N–H and O–H groups in total. The molecule has 4 rings (SSSR count). The molecule has 1 amide bonds. The van der Waals surface area contributed by atoms with E-state index in [4.69, 9.17) is 4.74 Å². The number of nitrogens with zero attached hydrogens (tertiary/aromatic N) is 2. The smallest absolute Gasteiger partial charge is 0.316 e. The average Bonchev–Trinajstić information content (AvgIpc) is 3.43. The molecule has 0 saturated heterocycles. The van der Waals surface area contributed by atoms with E-state index in [0.717, 1.165) is 29.7 Å². The first-order chi connectivity index (χ1) is 14.4. The molecule has 2 aromatic carbocycles. The maximum atomic E-state index is 12.7. The van der Waals surface area contributed by atoms with Gasteiger partial charge < -0.3 is 4.74 Å². The van der Waals surface area contributed by atoms with Gasteiger partial charge in [0, 0.05) is 12.3 Å². The molecule has 3 aromatic rings. The minimum Gasteiger partial charge on any atom is -0.458 e. The second-order valence-electron chi connectivity index (χ2n) is 7.77. The highest BCUT2D eigenvalue weighted by Crippen LogP contribution is 2.49. The number of hydrogen-bond donors (Lipinski definition) is 0. The van der Waals surface area contributed by atoms with Crippen molar-refractivity contribution in [1.82, 2.24) is 4.98 Å². The van der Waals surface area contributed by atoms with Gasteiger partial charge >= 0.3 is 5.97 Å². The molecule has 1 aromatic heterocycles. The van der Waals surface area contributed by atoms with Gasteiger partial charge in [0.1, 0.15) is 6.61 Å². The van der Waals surface area contributed by atoms with Crippen molar-refractivity contribution in [2.45, 2.75) is 45.6 Å². The summed E-state index contributed by atoms with van der Waals surface area (Å²) in [5, 5.41) is 2.41. The molecular formula is C24H24N2O3S. The van der Waals surface area contributed by atoms with E-state index in [2.05, 4.69) is 4.98 Å². The fourth-order valence-electron chi connectivity index (χ4n) is 3.53. The SMILES string of the molecule is CC(=O)N(c1ccc(C)c(C)c1)c1nc(COC(=O)C2(c3ccccc3)CC2)cs1. The number of hydrogen-bond acceptors (Lipinski definition) is 5. The fourth-order valence-corrected chi connectivity index (χ4v) is 4.40. The van der Waals surface area contributed by atoms with Crippen molar-refractivity contribution in [2.75, 3.05) is 4.90 Å². The first-order valence-electron chi connectivity index (χ1n) is 9.96. The Balaban J connectivity index is 1.47. The Morgan fingerprint density at radius 1 is 1.10 bits per heavy atom. The zero-order chi connectivity index (χ0) is 21.3. The average molecular weight is 421 g/mol. The van der Waals surface area contributed by atoms with Crippen LogP contribution in [-0.2, 0) is 26.3 Å². The number of aromatic nitrogens is 1. The van der Waals surface area contributed by atoms with Gasteiger partial charge in [-0.2, -0.15) is 0 Å². The molecule has 1 saturated carbocycles. The lowest BCUT2D eigenvalue weighted by molar-refractivity contribution is -0.148. The molecule has 30 heavy (non-hydrogen) atoms. The van der Waals surface area contributed by atoms with Crippen LogP contribution in [0, 0.1) is 13.8 Å². The molecule has 1 aliphatic rings. The number of carbonyl (C=O) groups is 2. The lowest BCUT2D eigenvalue weighted by Gasteiger charge is -2.19. The van der Waals surface area contributed by atoms with Gasteiger partial charge in [-0.25, -0.2) is 4.98 Å². The summed E-state index contributed by atoms with van der Waals surface area (Å²) in [7, 11) is 0. The number of esters is 1. The normalized spacial score (nSPS) is 14.2. The molecule has 0 radical (unpaired) electrons. The zero-order valence-electron chi connectivity index (χ0n) is 17.3. The van der Waals surface area contributed by atoms with E-state index >= 15 is 0 Å². The van der Waals surface area contributed by atoms with Crippen molar-refractivity contribution >= 4 is 34.0 Å². The van der Waals surface area contributed by atoms with Gasteiger partial charge in [-0.15, -0.1) is 11.3 Å². The number of amides is 1. The number of benzene rings is 2. The van der Waals surface area contributed by atoms with Crippen molar-refractivity contribution in [1.29, 1.82) is 0 Å². The molecule has 1 fully saturated rings. The van der Waals surface area contributed by atoms with Crippen LogP contribution in [0.4, 0.5) is 10.8 Å². The van der Waals surface area contributed by atoms with Crippen LogP contribution in [0.15, 0.2) is 53.9 Å². The standard InChI is InChI=1S/C24H24N2O3S/c1-16-9-10-21(13-17(16)2)26(18(3)27)23-25-20(15-30-23)14-29-22(28)24(11-12-24)19-7-5-4-6-8-19/h4-10,13,15H,11-12,14H2,1-3H3. The number of anilines is 2. The molecule has 1 aliphatic carbocycles. The molecule has 0 bridgehead atoms. The van der Waals surface area contributed by atoms with Crippen LogP contribution in [0.2, 0.25) is 0 Å². The second-order valence-corrected chi connectivity index (χ2v) is 8.61. The topological polar surface area (TPSA) is 59.5 Å². The summed E-state index contributed by atoms with van der Waals surface area (Å²) >= 11 is 1.36. The minimum absolute atomic E-state index is 0.0998. The maximum absolute atomic E-state index is 12.7. The van der Waals surface area contributed by atoms with Crippen LogP contribution in [0.1, 0.15) is 42.1 Å². The second kappa shape index (κ2) is 8.03. The van der Waals surface area contributed by atoms with Gasteiger partial charge in [0.2, 0.25) is 5.91 Å². The van der Waals surface area contributed by atoms with E-state index in [9.17, 15) is 9.59 Å². The molecule has 0 aliphatic heterocycles. The third-order valence-electron chi connectivity index (χ3n) is 5.61. The Kier molecular flexibility index (Phi) is 5.43. The number of carbonyl (C=O) groups excluding carboxylic acids is 2. The lowest BCUT2D eigenvalue weighted by Crippen LogP contribution is -2.23. The first-order valence-corrected chi connectivity index (χ1v) is 10.8. The Labute approximate surface area is 180 Å². The summed E-state index contributed by atoms with van der Waals surface area (Å²) in [6, 6.07) is 15.7. The monoisotopic (exact) mass is 420 g/mol. The molecule has 1 heterocycles. The summed E-state index contributed by atoms with van der Waals surface area (Å²) in [4.78, 5) is 31.2. The third-order valence-corrected chi connectivity index (χ3v) is 6.49. The van der Waals surface area contributed by atoms with Gasteiger partial charge in [-0.05, 0) is 55.5 Å². The predicted octanol–water partition coefficient (Wildman–Crippen LogP) is 5.22. The van der Waals surface area contributed by atoms with Gasteiger partial charge in [0.15, 0.2) is 5.13 Å². The number of ether oxygens (including phenoxy) is 1. The van der Waals surface area contributed by atoms with Gasteiger partial charge in [0.05, 0.1) is 16.8 Å². The highest BCUT2D eigenvalue weighted by molar-refractivity contribution is 7.14. The summed E-state index contributed by atoms with van der Waals surface area (Å²) in [5.41, 5.74) is 4.20. The fraction of sp³-hybridized carbons (Fsp3) is 0.292. The summed E-state index contributed by atoms with van der Waals surface area (Å²) in [6.45, 7) is 5.68. The summed E-state index contributed by atoms with van der Waals surface area (Å²) in [5.74, 6) is -0.321. The van der Waals surface area contributed by atoms with E-state index in [1.54, 1.807) is 4.90 Å². The molecular weight excluding hydrogens is 396 g/mol. The van der Waals surface area contributed by atoms with Crippen molar-refractivity contribution in [3.05, 3.63) is 76.3 Å². The predicted molar refractivity (Wildman–Crippen MR) is 118 cm³/mol. The van der Waals surface area contributed by atoms with E-state index in [1.165, 1.54) is 23.8 Å². The van der Waals surface area contributed by atoms with Gasteiger partial charge in [-0.3, -0.25) is 14.5 Å². The van der Waals surface area contributed by atoms with Crippen LogP contribution in [-0.4, -0.2) is 16.9 Å². The van der Waals surface area contributed by atoms with E-state index in [-0.39, 0.29) is 18.5 Å². The quantitative estimate of drug-likeness (QED) is 0.513.